The lowest BCUT2D eigenvalue weighted by molar-refractivity contribution is -0.119. The largest absolute Gasteiger partial charge is 0.416 e. The Morgan fingerprint density at radius 1 is 1.40 bits per heavy atom. The van der Waals surface area contributed by atoms with Gasteiger partial charge in [-0.05, 0) is 0 Å². The van der Waals surface area contributed by atoms with Gasteiger partial charge in [0.25, 0.3) is 0 Å². The zero-order valence-electron chi connectivity index (χ0n) is 7.76. The topological polar surface area (TPSA) is 38.3 Å². The van der Waals surface area contributed by atoms with Crippen molar-refractivity contribution in [1.29, 1.82) is 0 Å². The lowest BCUT2D eigenvalue weighted by Gasteiger charge is -2.14. The summed E-state index contributed by atoms with van der Waals surface area (Å²) in [5.74, 6) is -0.737. The highest BCUT2D eigenvalue weighted by Gasteiger charge is 2.51. The first-order valence-electron chi connectivity index (χ1n) is 4.32. The minimum Gasteiger partial charge on any atom is -0.357 e. The van der Waals surface area contributed by atoms with Gasteiger partial charge in [-0.25, -0.2) is 0 Å². The fourth-order valence-corrected chi connectivity index (χ4v) is 1.79. The Labute approximate surface area is 83.6 Å². The Balaban J connectivity index is 2.45. The lowest BCUT2D eigenvalue weighted by Crippen LogP contribution is -2.29. The van der Waals surface area contributed by atoms with Gasteiger partial charge in [-0.3, -0.25) is 4.79 Å². The molecule has 0 saturated heterocycles. The second-order valence-electron chi connectivity index (χ2n) is 3.27. The Morgan fingerprint density at radius 2 is 2.00 bits per heavy atom. The summed E-state index contributed by atoms with van der Waals surface area (Å²) in [4.78, 5) is 11.3. The van der Waals surface area contributed by atoms with E-state index in [4.69, 9.17) is 4.74 Å². The van der Waals surface area contributed by atoms with Crippen LogP contribution in [0.2, 0.25) is 0 Å². The summed E-state index contributed by atoms with van der Waals surface area (Å²) in [6.45, 7) is 0. The van der Waals surface area contributed by atoms with Crippen molar-refractivity contribution in [2.75, 3.05) is 7.05 Å². The van der Waals surface area contributed by atoms with Crippen LogP contribution in [-0.2, 0) is 9.53 Å². The molecule has 2 aliphatic rings. The van der Waals surface area contributed by atoms with E-state index in [0.717, 1.165) is 0 Å². The molecule has 2 atom stereocenters. The number of hydrogen-bond donors (Lipinski definition) is 1. The van der Waals surface area contributed by atoms with Crippen LogP contribution in [0.15, 0.2) is 23.3 Å². The molecular weight excluding hydrogens is 211 g/mol. The first kappa shape index (κ1) is 10.2. The summed E-state index contributed by atoms with van der Waals surface area (Å²) in [5, 5.41) is 2.18. The second-order valence-corrected chi connectivity index (χ2v) is 3.27. The van der Waals surface area contributed by atoms with Gasteiger partial charge in [-0.15, -0.1) is 0 Å². The van der Waals surface area contributed by atoms with Gasteiger partial charge in [0.2, 0.25) is 5.91 Å². The molecule has 0 fully saturated rings. The summed E-state index contributed by atoms with van der Waals surface area (Å²) in [6.07, 6.45) is -3.72. The number of halogens is 3. The van der Waals surface area contributed by atoms with Crippen molar-refractivity contribution < 1.29 is 22.7 Å². The van der Waals surface area contributed by atoms with Crippen LogP contribution in [0, 0.1) is 0 Å². The Morgan fingerprint density at radius 3 is 2.53 bits per heavy atom. The third kappa shape index (κ3) is 1.45. The summed E-state index contributed by atoms with van der Waals surface area (Å²) in [5.41, 5.74) is -1.20. The van der Waals surface area contributed by atoms with Gasteiger partial charge >= 0.3 is 6.18 Å². The zero-order valence-corrected chi connectivity index (χ0v) is 7.76. The van der Waals surface area contributed by atoms with Crippen molar-refractivity contribution in [3.8, 4) is 0 Å². The number of ether oxygens (including phenoxy) is 1. The molecule has 6 heteroatoms. The minimum atomic E-state index is -4.52. The smallest absolute Gasteiger partial charge is 0.357 e. The van der Waals surface area contributed by atoms with Crippen LogP contribution in [0.4, 0.5) is 13.2 Å². The molecule has 0 aliphatic carbocycles. The maximum Gasteiger partial charge on any atom is 0.416 e. The van der Waals surface area contributed by atoms with Gasteiger partial charge in [0.15, 0.2) is 0 Å². The van der Waals surface area contributed by atoms with Gasteiger partial charge in [-0.2, -0.15) is 13.2 Å². The predicted molar refractivity (Wildman–Crippen MR) is 44.9 cm³/mol. The van der Waals surface area contributed by atoms with Crippen molar-refractivity contribution in [2.24, 2.45) is 0 Å². The summed E-state index contributed by atoms with van der Waals surface area (Å²) < 4.78 is 42.8. The maximum absolute atomic E-state index is 12.6. The van der Waals surface area contributed by atoms with Crippen molar-refractivity contribution in [2.45, 2.75) is 18.4 Å². The molecule has 3 nitrogen and oxygen atoms in total. The number of amides is 1. The van der Waals surface area contributed by atoms with E-state index in [1.165, 1.54) is 19.2 Å². The minimum absolute atomic E-state index is 0.322. The number of carbonyl (C=O) groups excluding carboxylic acids is 1. The molecule has 2 bridgehead atoms. The van der Waals surface area contributed by atoms with E-state index >= 15 is 0 Å². The first-order chi connectivity index (χ1) is 6.95. The van der Waals surface area contributed by atoms with Crippen LogP contribution in [0.1, 0.15) is 0 Å². The van der Waals surface area contributed by atoms with E-state index in [9.17, 15) is 18.0 Å². The molecule has 0 spiro atoms. The number of likely N-dealkylation sites (N-methyl/N-ethyl adjacent to an activating group) is 1. The van der Waals surface area contributed by atoms with Crippen LogP contribution in [0.3, 0.4) is 0 Å². The van der Waals surface area contributed by atoms with E-state index in [-0.39, 0.29) is 5.57 Å². The molecule has 2 heterocycles. The number of carbonyl (C=O) groups is 1. The Kier molecular flexibility index (Phi) is 2.11. The van der Waals surface area contributed by atoms with E-state index in [0.29, 0.717) is 0 Å². The molecular formula is C9H8F3NO2. The van der Waals surface area contributed by atoms with Crippen molar-refractivity contribution in [3.05, 3.63) is 23.3 Å². The quantitative estimate of drug-likeness (QED) is 0.666. The fraction of sp³-hybridized carbons (Fsp3) is 0.444. The van der Waals surface area contributed by atoms with Gasteiger partial charge < -0.3 is 10.1 Å². The number of hydrogen-bond acceptors (Lipinski definition) is 2. The molecule has 82 valence electrons. The molecule has 1 amide bonds. The van der Waals surface area contributed by atoms with E-state index in [1.807, 2.05) is 0 Å². The lowest BCUT2D eigenvalue weighted by atomic mass is 9.96. The Hall–Kier alpha value is -1.30. The average molecular weight is 219 g/mol. The number of rotatable bonds is 1. The van der Waals surface area contributed by atoms with Gasteiger partial charge in [0.1, 0.15) is 12.2 Å². The van der Waals surface area contributed by atoms with E-state index in [2.05, 4.69) is 5.32 Å². The third-order valence-corrected chi connectivity index (χ3v) is 2.39. The third-order valence-electron chi connectivity index (χ3n) is 2.39. The molecule has 2 unspecified atom stereocenters. The fourth-order valence-electron chi connectivity index (χ4n) is 1.79. The molecule has 15 heavy (non-hydrogen) atoms. The molecule has 0 aromatic rings. The van der Waals surface area contributed by atoms with Crippen LogP contribution in [0.25, 0.3) is 0 Å². The maximum atomic E-state index is 12.6. The van der Waals surface area contributed by atoms with Crippen molar-refractivity contribution in [3.63, 3.8) is 0 Å². The molecule has 0 radical (unpaired) electrons. The zero-order chi connectivity index (χ0) is 11.2. The van der Waals surface area contributed by atoms with Crippen molar-refractivity contribution >= 4 is 5.91 Å². The molecule has 0 saturated carbocycles. The molecule has 2 aliphatic heterocycles. The Bertz CT molecular complexity index is 370. The van der Waals surface area contributed by atoms with E-state index in [1.54, 1.807) is 0 Å². The molecule has 0 aromatic heterocycles. The predicted octanol–water partition coefficient (Wildman–Crippen LogP) is 0.928. The first-order valence-corrected chi connectivity index (χ1v) is 4.32. The SMILES string of the molecule is CNC(=O)C1=C(C(F)(F)F)C2C=CC1O2. The second kappa shape index (κ2) is 3.10. The number of fused-ring (bicyclic) bond motifs is 2. The molecule has 0 aromatic carbocycles. The molecule has 1 N–H and O–H groups in total. The summed E-state index contributed by atoms with van der Waals surface area (Å²) >= 11 is 0. The normalized spacial score (nSPS) is 28.8. The van der Waals surface area contributed by atoms with Crippen LogP contribution in [-0.4, -0.2) is 31.3 Å². The van der Waals surface area contributed by atoms with Crippen LogP contribution in [0.5, 0.6) is 0 Å². The van der Waals surface area contributed by atoms with Crippen LogP contribution >= 0.6 is 0 Å². The highest BCUT2D eigenvalue weighted by Crippen LogP contribution is 2.43. The van der Waals surface area contributed by atoms with Crippen LogP contribution < -0.4 is 5.32 Å². The standard InChI is InChI=1S/C9H8F3NO2/c1-13-8(14)6-4-2-3-5(15-4)7(6)9(10,11)12/h2-5H,1H3,(H,13,14). The average Bonchev–Trinajstić information content (AvgIpc) is 2.73. The highest BCUT2D eigenvalue weighted by atomic mass is 19.4. The van der Waals surface area contributed by atoms with Crippen molar-refractivity contribution in [1.82, 2.24) is 5.32 Å². The summed E-state index contributed by atoms with van der Waals surface area (Å²) in [6, 6.07) is 0. The van der Waals surface area contributed by atoms with Gasteiger partial charge in [-0.1, -0.05) is 12.2 Å². The monoisotopic (exact) mass is 219 g/mol. The number of alkyl halides is 3. The van der Waals surface area contributed by atoms with Gasteiger partial charge in [0.05, 0.1) is 11.1 Å². The van der Waals surface area contributed by atoms with Gasteiger partial charge in [0, 0.05) is 7.05 Å². The number of nitrogens with one attached hydrogen (secondary N) is 1. The van der Waals surface area contributed by atoms with E-state index < -0.39 is 29.9 Å². The highest BCUT2D eigenvalue weighted by molar-refractivity contribution is 5.97. The molecule has 2 rings (SSSR count). The summed E-state index contributed by atoms with van der Waals surface area (Å²) in [7, 11) is 1.29.